The van der Waals surface area contributed by atoms with Crippen LogP contribution in [0.4, 0.5) is 27.9 Å². The van der Waals surface area contributed by atoms with Crippen molar-refractivity contribution in [2.75, 3.05) is 40.7 Å². The van der Waals surface area contributed by atoms with E-state index in [1.165, 1.54) is 15.9 Å². The van der Waals surface area contributed by atoms with Crippen molar-refractivity contribution in [3.8, 4) is 6.07 Å². The molecule has 4 amide bonds. The first-order valence-electron chi connectivity index (χ1n) is 13.8. The average molecular weight is 615 g/mol. The lowest BCUT2D eigenvalue weighted by Crippen LogP contribution is -2.47. The van der Waals surface area contributed by atoms with Crippen molar-refractivity contribution in [3.05, 3.63) is 83.0 Å². The van der Waals surface area contributed by atoms with Crippen LogP contribution in [0.15, 0.2) is 61.3 Å². The normalized spacial score (nSPS) is 17.8. The number of rotatable bonds is 8. The van der Waals surface area contributed by atoms with Crippen molar-refractivity contribution in [1.82, 2.24) is 15.3 Å². The van der Waals surface area contributed by atoms with Gasteiger partial charge in [-0.3, -0.25) is 19.4 Å². The number of amides is 4. The summed E-state index contributed by atoms with van der Waals surface area (Å²) in [5.74, 6) is -0.00706. The van der Waals surface area contributed by atoms with E-state index in [1.807, 2.05) is 6.07 Å². The Morgan fingerprint density at radius 2 is 1.98 bits per heavy atom. The molecule has 0 spiro atoms. The van der Waals surface area contributed by atoms with Crippen LogP contribution in [0.1, 0.15) is 35.3 Å². The molecule has 2 aromatic carbocycles. The maximum Gasteiger partial charge on any atom is 0.330 e. The number of fused-ring (bicyclic) bond motifs is 1. The molecule has 3 aromatic rings. The van der Waals surface area contributed by atoms with Crippen molar-refractivity contribution in [1.29, 1.82) is 5.26 Å². The van der Waals surface area contributed by atoms with E-state index in [2.05, 4.69) is 38.6 Å². The molecule has 1 unspecified atom stereocenters. The second-order valence-corrected chi connectivity index (χ2v) is 11.4. The molecule has 0 aliphatic carbocycles. The first-order valence-corrected chi connectivity index (χ1v) is 14.2. The number of nitriles is 1. The van der Waals surface area contributed by atoms with Gasteiger partial charge >= 0.3 is 6.03 Å². The van der Waals surface area contributed by atoms with Crippen molar-refractivity contribution < 1.29 is 19.1 Å². The molecule has 2 aliphatic heterocycles. The number of hydrogen-bond donors (Lipinski definition) is 3. The Kier molecular flexibility index (Phi) is 8.53. The number of carbonyl (C=O) groups is 3. The number of aromatic nitrogens is 2. The van der Waals surface area contributed by atoms with Gasteiger partial charge in [0.2, 0.25) is 11.9 Å². The highest BCUT2D eigenvalue weighted by Crippen LogP contribution is 2.35. The number of nitrogens with zero attached hydrogens (tertiary/aromatic N) is 5. The van der Waals surface area contributed by atoms with Crippen LogP contribution in [-0.4, -0.2) is 60.2 Å². The Bertz CT molecular complexity index is 1690. The number of benzene rings is 2. The minimum atomic E-state index is -0.720. The molecule has 0 saturated carbocycles. The fourth-order valence-corrected chi connectivity index (χ4v) is 5.15. The van der Waals surface area contributed by atoms with Gasteiger partial charge < -0.3 is 20.7 Å². The molecule has 3 N–H and O–H groups in total. The topological polar surface area (TPSA) is 153 Å². The zero-order valence-corrected chi connectivity index (χ0v) is 25.2. The lowest BCUT2D eigenvalue weighted by Gasteiger charge is -2.34. The van der Waals surface area contributed by atoms with Crippen LogP contribution in [0.2, 0.25) is 5.02 Å². The summed E-state index contributed by atoms with van der Waals surface area (Å²) in [5, 5.41) is 18.6. The predicted octanol–water partition coefficient (Wildman–Crippen LogP) is 4.24. The third-order valence-electron chi connectivity index (χ3n) is 7.53. The van der Waals surface area contributed by atoms with E-state index in [-0.39, 0.29) is 35.5 Å². The molecular formula is C31H31ClN8O4. The van der Waals surface area contributed by atoms with Gasteiger partial charge in [-0.05, 0) is 55.8 Å². The second-order valence-electron chi connectivity index (χ2n) is 11.0. The predicted molar refractivity (Wildman–Crippen MR) is 167 cm³/mol. The maximum atomic E-state index is 13.5. The Balaban J connectivity index is 1.34. The van der Waals surface area contributed by atoms with Gasteiger partial charge in [0.1, 0.15) is 5.82 Å². The number of carbonyl (C=O) groups excluding carboxylic acids is 3. The molecular weight excluding hydrogens is 584 g/mol. The Morgan fingerprint density at radius 1 is 1.20 bits per heavy atom. The fraction of sp³-hybridized carbons (Fsp3) is 0.290. The second kappa shape index (κ2) is 12.3. The zero-order chi connectivity index (χ0) is 31.6. The number of hydrogen-bond acceptors (Lipinski definition) is 8. The van der Waals surface area contributed by atoms with Crippen LogP contribution in [0, 0.1) is 11.3 Å². The van der Waals surface area contributed by atoms with E-state index in [1.54, 1.807) is 63.5 Å². The van der Waals surface area contributed by atoms with Gasteiger partial charge in [0.15, 0.2) is 0 Å². The average Bonchev–Trinajstić information content (AvgIpc) is 3.45. The standard InChI is InChI=1S/C31H31ClN8O4/c1-5-26(41)36-23-15-44-16-24(23)37-29-34-13-19-14-40(30(43)39(4)27(19)38-29)25-11-18(9-10-22(25)32)28(42)35-21-8-6-7-20(12-21)31(2,3)17-33/h5-13,23-24H,1,14-16H2,2-4H3,(H,35,42)(H,36,41)(H,34,37,38)/t23?,24-/m1/s1. The summed E-state index contributed by atoms with van der Waals surface area (Å²) in [5.41, 5.74) is 1.90. The first kappa shape index (κ1) is 30.5. The largest absolute Gasteiger partial charge is 0.377 e. The fourth-order valence-electron chi connectivity index (χ4n) is 4.93. The molecule has 0 radical (unpaired) electrons. The SMILES string of the molecule is C=CC(=O)NC1COC[C@H]1Nc1ncc2c(n1)N(C)C(=O)N(c1cc(C(=O)Nc3cccc(C(C)(C)C#N)c3)ccc1Cl)C2. The van der Waals surface area contributed by atoms with E-state index < -0.39 is 17.4 Å². The summed E-state index contributed by atoms with van der Waals surface area (Å²) in [4.78, 5) is 50.4. The van der Waals surface area contributed by atoms with Gasteiger partial charge in [0, 0.05) is 30.1 Å². The third kappa shape index (κ3) is 6.20. The van der Waals surface area contributed by atoms with Gasteiger partial charge in [0.25, 0.3) is 5.91 Å². The van der Waals surface area contributed by atoms with Crippen LogP contribution in [0.3, 0.4) is 0 Å². The van der Waals surface area contributed by atoms with Gasteiger partial charge in [-0.15, -0.1) is 0 Å². The highest BCUT2D eigenvalue weighted by molar-refractivity contribution is 6.34. The molecule has 1 saturated heterocycles. The summed E-state index contributed by atoms with van der Waals surface area (Å²) < 4.78 is 5.50. The molecule has 0 bridgehead atoms. The molecule has 12 nitrogen and oxygen atoms in total. The van der Waals surface area contributed by atoms with Crippen LogP contribution in [-0.2, 0) is 21.5 Å². The van der Waals surface area contributed by atoms with Crippen molar-refractivity contribution in [2.24, 2.45) is 0 Å². The Morgan fingerprint density at radius 3 is 2.73 bits per heavy atom. The minimum Gasteiger partial charge on any atom is -0.377 e. The summed E-state index contributed by atoms with van der Waals surface area (Å²) in [6.07, 6.45) is 2.82. The number of halogens is 1. The maximum absolute atomic E-state index is 13.5. The molecule has 44 heavy (non-hydrogen) atoms. The van der Waals surface area contributed by atoms with E-state index >= 15 is 0 Å². The number of nitrogens with one attached hydrogen (secondary N) is 3. The van der Waals surface area contributed by atoms with Crippen LogP contribution in [0.5, 0.6) is 0 Å². The molecule has 2 atom stereocenters. The molecule has 13 heteroatoms. The first-order chi connectivity index (χ1) is 21.0. The van der Waals surface area contributed by atoms with E-state index in [4.69, 9.17) is 16.3 Å². The van der Waals surface area contributed by atoms with Gasteiger partial charge in [0.05, 0.1) is 54.0 Å². The van der Waals surface area contributed by atoms with Crippen molar-refractivity contribution in [3.63, 3.8) is 0 Å². The summed E-state index contributed by atoms with van der Waals surface area (Å²) in [7, 11) is 1.59. The molecule has 2 aliphatic rings. The van der Waals surface area contributed by atoms with Gasteiger partial charge in [-0.1, -0.05) is 30.3 Å². The molecule has 5 rings (SSSR count). The van der Waals surface area contributed by atoms with Gasteiger partial charge in [-0.25, -0.2) is 9.78 Å². The summed E-state index contributed by atoms with van der Waals surface area (Å²) >= 11 is 6.54. The molecule has 226 valence electrons. The number of urea groups is 1. The smallest absolute Gasteiger partial charge is 0.330 e. The van der Waals surface area contributed by atoms with E-state index in [9.17, 15) is 19.6 Å². The summed E-state index contributed by atoms with van der Waals surface area (Å²) in [6, 6.07) is 13.1. The molecule has 3 heterocycles. The number of ether oxygens (including phenoxy) is 1. The van der Waals surface area contributed by atoms with Gasteiger partial charge in [-0.2, -0.15) is 10.2 Å². The quantitative estimate of drug-likeness (QED) is 0.319. The lowest BCUT2D eigenvalue weighted by atomic mass is 9.86. The number of anilines is 4. The van der Waals surface area contributed by atoms with Crippen molar-refractivity contribution >= 4 is 52.6 Å². The van der Waals surface area contributed by atoms with Crippen LogP contribution < -0.4 is 25.8 Å². The van der Waals surface area contributed by atoms with E-state index in [0.717, 1.165) is 5.56 Å². The monoisotopic (exact) mass is 614 g/mol. The van der Waals surface area contributed by atoms with Crippen LogP contribution >= 0.6 is 11.6 Å². The Labute approximate surface area is 259 Å². The highest BCUT2D eigenvalue weighted by Gasteiger charge is 2.34. The lowest BCUT2D eigenvalue weighted by molar-refractivity contribution is -0.117. The summed E-state index contributed by atoms with van der Waals surface area (Å²) in [6.45, 7) is 7.89. The van der Waals surface area contributed by atoms with E-state index in [0.29, 0.717) is 41.5 Å². The highest BCUT2D eigenvalue weighted by atomic mass is 35.5. The Hall–Kier alpha value is -4.99. The van der Waals surface area contributed by atoms with Crippen LogP contribution in [0.25, 0.3) is 0 Å². The van der Waals surface area contributed by atoms with Crippen molar-refractivity contribution in [2.45, 2.75) is 37.9 Å². The third-order valence-corrected chi connectivity index (χ3v) is 7.85. The zero-order valence-electron chi connectivity index (χ0n) is 24.4. The molecule has 1 fully saturated rings. The molecule has 1 aromatic heterocycles. The minimum absolute atomic E-state index is 0.124.